The number of hydrogen-bond donors (Lipinski definition) is 2. The smallest absolute Gasteiger partial charge is 0.193 e. The molecule has 2 aromatic carbocycles. The van der Waals surface area contributed by atoms with Crippen molar-refractivity contribution in [1.82, 2.24) is 0 Å². The molecule has 0 radical (unpaired) electrons. The predicted molar refractivity (Wildman–Crippen MR) is 108 cm³/mol. The molecule has 5 nitrogen and oxygen atoms in total. The van der Waals surface area contributed by atoms with E-state index >= 15 is 0 Å². The zero-order valence-electron chi connectivity index (χ0n) is 13.6. The average molecular weight is 439 g/mol. The van der Waals surface area contributed by atoms with Gasteiger partial charge in [0.15, 0.2) is 17.5 Å². The van der Waals surface area contributed by atoms with Crippen molar-refractivity contribution in [3.05, 3.63) is 53.6 Å². The number of para-hydroxylation sites is 1. The summed E-state index contributed by atoms with van der Waals surface area (Å²) in [5, 5.41) is 3.09. The van der Waals surface area contributed by atoms with Gasteiger partial charge in [-0.2, -0.15) is 0 Å². The number of nitrogens with two attached hydrogens (primary N) is 1. The predicted octanol–water partition coefficient (Wildman–Crippen LogP) is 3.70. The van der Waals surface area contributed by atoms with E-state index in [4.69, 9.17) is 15.2 Å². The number of anilines is 1. The molecule has 0 atom stereocenters. The van der Waals surface area contributed by atoms with Crippen LogP contribution in [-0.2, 0) is 6.54 Å². The van der Waals surface area contributed by atoms with E-state index in [1.807, 2.05) is 49.4 Å². The number of ether oxygens (including phenoxy) is 2. The molecule has 3 rings (SSSR count). The highest BCUT2D eigenvalue weighted by molar-refractivity contribution is 14.0. The first-order valence-electron chi connectivity index (χ1n) is 7.73. The second-order valence-electron chi connectivity index (χ2n) is 5.49. The molecule has 6 heteroatoms. The Hall–Kier alpha value is -1.96. The minimum absolute atomic E-state index is 0. The molecule has 1 heterocycles. The Bertz CT molecular complexity index is 702. The van der Waals surface area contributed by atoms with Gasteiger partial charge in [-0.05, 0) is 25.1 Å². The topological polar surface area (TPSA) is 68.9 Å². The van der Waals surface area contributed by atoms with E-state index in [-0.39, 0.29) is 24.0 Å². The first-order valence-corrected chi connectivity index (χ1v) is 7.73. The van der Waals surface area contributed by atoms with Gasteiger partial charge in [-0.25, -0.2) is 4.99 Å². The molecule has 0 amide bonds. The number of nitrogens with zero attached hydrogens (tertiary/aromatic N) is 1. The molecular weight excluding hydrogens is 417 g/mol. The monoisotopic (exact) mass is 439 g/mol. The van der Waals surface area contributed by atoms with Gasteiger partial charge in [0.25, 0.3) is 0 Å². The molecule has 128 valence electrons. The fourth-order valence-corrected chi connectivity index (χ4v) is 2.37. The SMILES string of the molecule is Cc1ccc(NC(N)=NCc2cccc3c2OCCCO3)cc1.I. The molecule has 1 aliphatic rings. The number of fused-ring (bicyclic) bond motifs is 1. The first kappa shape index (κ1) is 18.4. The molecule has 0 spiro atoms. The van der Waals surface area contributed by atoms with Crippen LogP contribution >= 0.6 is 24.0 Å². The van der Waals surface area contributed by atoms with Crippen LogP contribution < -0.4 is 20.5 Å². The summed E-state index contributed by atoms with van der Waals surface area (Å²) in [6.45, 7) is 3.82. The highest BCUT2D eigenvalue weighted by Gasteiger charge is 2.14. The fraction of sp³-hybridized carbons (Fsp3) is 0.278. The number of hydrogen-bond acceptors (Lipinski definition) is 3. The Morgan fingerprint density at radius 3 is 2.67 bits per heavy atom. The van der Waals surface area contributed by atoms with Crippen molar-refractivity contribution < 1.29 is 9.47 Å². The van der Waals surface area contributed by atoms with Crippen LogP contribution in [0.5, 0.6) is 11.5 Å². The van der Waals surface area contributed by atoms with E-state index < -0.39 is 0 Å². The Labute approximate surface area is 159 Å². The number of halogens is 1. The maximum absolute atomic E-state index is 5.97. The molecule has 0 aliphatic carbocycles. The Balaban J connectivity index is 0.00000208. The average Bonchev–Trinajstić information content (AvgIpc) is 2.81. The maximum Gasteiger partial charge on any atom is 0.193 e. The minimum atomic E-state index is 0. The van der Waals surface area contributed by atoms with Crippen LogP contribution in [0, 0.1) is 6.92 Å². The zero-order valence-corrected chi connectivity index (χ0v) is 15.9. The number of benzene rings is 2. The van der Waals surface area contributed by atoms with E-state index in [1.54, 1.807) is 0 Å². The van der Waals surface area contributed by atoms with Crippen LogP contribution in [0.25, 0.3) is 0 Å². The third-order valence-electron chi connectivity index (χ3n) is 3.60. The van der Waals surface area contributed by atoms with E-state index in [1.165, 1.54) is 5.56 Å². The van der Waals surface area contributed by atoms with E-state index in [0.717, 1.165) is 29.2 Å². The molecule has 0 fully saturated rings. The summed E-state index contributed by atoms with van der Waals surface area (Å²) >= 11 is 0. The molecule has 1 aliphatic heterocycles. The minimum Gasteiger partial charge on any atom is -0.490 e. The van der Waals surface area contributed by atoms with Gasteiger partial charge in [0.2, 0.25) is 0 Å². The van der Waals surface area contributed by atoms with Crippen LogP contribution in [-0.4, -0.2) is 19.2 Å². The highest BCUT2D eigenvalue weighted by Crippen LogP contribution is 2.33. The van der Waals surface area contributed by atoms with Crippen molar-refractivity contribution >= 4 is 35.6 Å². The number of aliphatic imine (C=N–C) groups is 1. The third-order valence-corrected chi connectivity index (χ3v) is 3.60. The second kappa shape index (κ2) is 8.77. The van der Waals surface area contributed by atoms with Gasteiger partial charge in [0, 0.05) is 17.7 Å². The Morgan fingerprint density at radius 1 is 1.12 bits per heavy atom. The molecule has 2 aromatic rings. The lowest BCUT2D eigenvalue weighted by molar-refractivity contribution is 0.296. The van der Waals surface area contributed by atoms with Crippen molar-refractivity contribution in [3.63, 3.8) is 0 Å². The van der Waals surface area contributed by atoms with Gasteiger partial charge in [-0.3, -0.25) is 0 Å². The van der Waals surface area contributed by atoms with E-state index in [0.29, 0.717) is 25.7 Å². The summed E-state index contributed by atoms with van der Waals surface area (Å²) in [4.78, 5) is 4.40. The molecule has 0 bridgehead atoms. The van der Waals surface area contributed by atoms with Gasteiger partial charge < -0.3 is 20.5 Å². The molecular formula is C18H22IN3O2. The number of nitrogens with one attached hydrogen (secondary N) is 1. The fourth-order valence-electron chi connectivity index (χ4n) is 2.37. The van der Waals surface area contributed by atoms with Crippen LogP contribution in [0.1, 0.15) is 17.5 Å². The lowest BCUT2D eigenvalue weighted by Crippen LogP contribution is -2.22. The molecule has 0 saturated carbocycles. The molecule has 24 heavy (non-hydrogen) atoms. The lowest BCUT2D eigenvalue weighted by Gasteiger charge is -2.11. The van der Waals surface area contributed by atoms with Gasteiger partial charge in [-0.15, -0.1) is 24.0 Å². The first-order chi connectivity index (χ1) is 11.2. The second-order valence-corrected chi connectivity index (χ2v) is 5.49. The molecule has 0 saturated heterocycles. The van der Waals surface area contributed by atoms with Crippen LogP contribution in [0.4, 0.5) is 5.69 Å². The summed E-state index contributed by atoms with van der Waals surface area (Å²) < 4.78 is 11.5. The molecule has 3 N–H and O–H groups in total. The Kier molecular flexibility index (Phi) is 6.72. The quantitative estimate of drug-likeness (QED) is 0.435. The van der Waals surface area contributed by atoms with Gasteiger partial charge in [0.1, 0.15) is 0 Å². The summed E-state index contributed by atoms with van der Waals surface area (Å²) in [6, 6.07) is 13.8. The van der Waals surface area contributed by atoms with Crippen molar-refractivity contribution in [2.24, 2.45) is 10.7 Å². The molecule has 0 unspecified atom stereocenters. The summed E-state index contributed by atoms with van der Waals surface area (Å²) in [5.74, 6) is 1.93. The summed E-state index contributed by atoms with van der Waals surface area (Å²) in [7, 11) is 0. The van der Waals surface area contributed by atoms with E-state index in [2.05, 4.69) is 10.3 Å². The number of guanidine groups is 1. The van der Waals surface area contributed by atoms with Gasteiger partial charge in [-0.1, -0.05) is 29.8 Å². The number of rotatable bonds is 3. The van der Waals surface area contributed by atoms with Crippen molar-refractivity contribution in [1.29, 1.82) is 0 Å². The van der Waals surface area contributed by atoms with Crippen LogP contribution in [0.15, 0.2) is 47.5 Å². The Morgan fingerprint density at radius 2 is 1.88 bits per heavy atom. The summed E-state index contributed by atoms with van der Waals surface area (Å²) in [6.07, 6.45) is 0.883. The highest BCUT2D eigenvalue weighted by atomic mass is 127. The molecule has 0 aromatic heterocycles. The van der Waals surface area contributed by atoms with Gasteiger partial charge in [0.05, 0.1) is 19.8 Å². The van der Waals surface area contributed by atoms with Crippen molar-refractivity contribution in [2.45, 2.75) is 19.9 Å². The van der Waals surface area contributed by atoms with Crippen molar-refractivity contribution in [3.8, 4) is 11.5 Å². The normalized spacial score (nSPS) is 13.6. The van der Waals surface area contributed by atoms with Crippen molar-refractivity contribution in [2.75, 3.05) is 18.5 Å². The lowest BCUT2D eigenvalue weighted by atomic mass is 10.2. The summed E-state index contributed by atoms with van der Waals surface area (Å²) in [5.41, 5.74) is 9.06. The van der Waals surface area contributed by atoms with Crippen LogP contribution in [0.2, 0.25) is 0 Å². The van der Waals surface area contributed by atoms with E-state index in [9.17, 15) is 0 Å². The zero-order chi connectivity index (χ0) is 16.1. The number of aryl methyl sites for hydroxylation is 1. The largest absolute Gasteiger partial charge is 0.490 e. The van der Waals surface area contributed by atoms with Gasteiger partial charge >= 0.3 is 0 Å². The standard InChI is InChI=1S/C18H21N3O2.HI/c1-13-6-8-15(9-7-13)21-18(19)20-12-14-4-2-5-16-17(14)23-11-3-10-22-16;/h2,4-9H,3,10-12H2,1H3,(H3,19,20,21);1H. The van der Waals surface area contributed by atoms with Crippen LogP contribution in [0.3, 0.4) is 0 Å². The third kappa shape index (κ3) is 4.77. The maximum atomic E-state index is 5.97.